The molecule has 0 bridgehead atoms. The molecule has 0 N–H and O–H groups in total. The molecule has 87 valence electrons. The van der Waals surface area contributed by atoms with E-state index in [1.165, 1.54) is 20.1 Å². The highest BCUT2D eigenvalue weighted by Gasteiger charge is 2.06. The van der Waals surface area contributed by atoms with E-state index in [0.29, 0.717) is 11.5 Å². The van der Waals surface area contributed by atoms with Crippen molar-refractivity contribution in [2.75, 3.05) is 7.11 Å². The van der Waals surface area contributed by atoms with E-state index in [9.17, 15) is 9.59 Å². The van der Waals surface area contributed by atoms with Crippen molar-refractivity contribution in [3.63, 3.8) is 0 Å². The number of esters is 1. The van der Waals surface area contributed by atoms with E-state index in [0.717, 1.165) is 5.56 Å². The smallest absolute Gasteiger partial charge is 0.308 e. The van der Waals surface area contributed by atoms with Gasteiger partial charge in [0.15, 0.2) is 11.5 Å². The Hall–Kier alpha value is -1.88. The van der Waals surface area contributed by atoms with Crippen LogP contribution in [0.25, 0.3) is 6.08 Å². The Balaban J connectivity index is 2.99. The molecule has 0 amide bonds. The third kappa shape index (κ3) is 4.24. The lowest BCUT2D eigenvalue weighted by atomic mass is 10.2. The predicted molar refractivity (Wildman–Crippen MR) is 64.1 cm³/mol. The molecule has 0 saturated heterocycles. The average molecular weight is 247 g/mol. The summed E-state index contributed by atoms with van der Waals surface area (Å²) in [5.41, 5.74) is 0.768. The molecule has 5 heteroatoms. The Morgan fingerprint density at radius 1 is 1.29 bits per heavy atom. The van der Waals surface area contributed by atoms with E-state index in [1.807, 2.05) is 0 Å². The summed E-state index contributed by atoms with van der Waals surface area (Å²) >= 11 is 0. The summed E-state index contributed by atoms with van der Waals surface area (Å²) < 4.78 is 10.0. The van der Waals surface area contributed by atoms with Crippen molar-refractivity contribution in [2.45, 2.75) is 6.92 Å². The zero-order chi connectivity index (χ0) is 12.8. The summed E-state index contributed by atoms with van der Waals surface area (Å²) in [6.07, 6.45) is 2.99. The fraction of sp³-hybridized carbons (Fsp3) is 0.167. The first-order chi connectivity index (χ1) is 8.02. The quantitative estimate of drug-likeness (QED) is 0.348. The zero-order valence-electron chi connectivity index (χ0n) is 9.52. The largest absolute Gasteiger partial charge is 0.493 e. The van der Waals surface area contributed by atoms with E-state index < -0.39 is 5.97 Å². The standard InChI is InChI=1S/C12H11O4Si/c1-8(13)16-10-5-3-9(4-6-12(14)17)7-11(10)15-2/h3-7H,1-2H3/b6-4+. The summed E-state index contributed by atoms with van der Waals surface area (Å²) in [6.45, 7) is 1.32. The number of methoxy groups -OCH3 is 1. The third-order valence-corrected chi connectivity index (χ3v) is 2.04. The summed E-state index contributed by atoms with van der Waals surface area (Å²) in [6, 6.07) is 4.99. The van der Waals surface area contributed by atoms with Crippen LogP contribution in [0.2, 0.25) is 0 Å². The van der Waals surface area contributed by atoms with Gasteiger partial charge >= 0.3 is 5.97 Å². The van der Waals surface area contributed by atoms with Crippen LogP contribution in [0, 0.1) is 0 Å². The van der Waals surface area contributed by atoms with E-state index in [1.54, 1.807) is 24.3 Å². The normalized spacial score (nSPS) is 10.3. The van der Waals surface area contributed by atoms with Gasteiger partial charge in [0, 0.05) is 6.92 Å². The molecule has 0 aliphatic heterocycles. The number of allylic oxidation sites excluding steroid dienone is 1. The maximum atomic E-state index is 10.8. The van der Waals surface area contributed by atoms with Gasteiger partial charge in [0.05, 0.1) is 7.11 Å². The van der Waals surface area contributed by atoms with Crippen LogP contribution < -0.4 is 9.47 Å². The molecular weight excluding hydrogens is 236 g/mol. The van der Waals surface area contributed by atoms with Crippen LogP contribution >= 0.6 is 0 Å². The van der Waals surface area contributed by atoms with Gasteiger partial charge in [0.2, 0.25) is 0 Å². The Morgan fingerprint density at radius 3 is 2.53 bits per heavy atom. The lowest BCUT2D eigenvalue weighted by Gasteiger charge is -2.08. The Bertz CT molecular complexity index is 466. The fourth-order valence-corrected chi connectivity index (χ4v) is 1.28. The van der Waals surface area contributed by atoms with Crippen molar-refractivity contribution in [3.8, 4) is 11.5 Å². The number of hydrogen-bond acceptors (Lipinski definition) is 4. The molecule has 0 aliphatic rings. The predicted octanol–water partition coefficient (Wildman–Crippen LogP) is 1.33. The van der Waals surface area contributed by atoms with E-state index in [2.05, 4.69) is 10.2 Å². The zero-order valence-corrected chi connectivity index (χ0v) is 10.5. The Labute approximate surface area is 103 Å². The molecule has 0 atom stereocenters. The molecule has 1 aromatic rings. The minimum atomic E-state index is -0.415. The second-order valence-electron chi connectivity index (χ2n) is 3.20. The second-order valence-corrected chi connectivity index (χ2v) is 3.69. The number of carbonyl (C=O) groups is 2. The van der Waals surface area contributed by atoms with Crippen LogP contribution in [0.5, 0.6) is 11.5 Å². The van der Waals surface area contributed by atoms with Crippen LogP contribution in [0.1, 0.15) is 12.5 Å². The first-order valence-corrected chi connectivity index (χ1v) is 5.33. The summed E-state index contributed by atoms with van der Waals surface area (Å²) in [5, 5.41) is -0.229. The summed E-state index contributed by atoms with van der Waals surface area (Å²) in [4.78, 5) is 21.5. The van der Waals surface area contributed by atoms with Gasteiger partial charge in [-0.15, -0.1) is 0 Å². The molecule has 0 aliphatic carbocycles. The van der Waals surface area contributed by atoms with Crippen molar-refractivity contribution < 1.29 is 19.1 Å². The highest BCUT2D eigenvalue weighted by atomic mass is 28.1. The van der Waals surface area contributed by atoms with Gasteiger partial charge < -0.3 is 14.3 Å². The number of ether oxygens (including phenoxy) is 2. The molecule has 0 unspecified atom stereocenters. The van der Waals surface area contributed by atoms with Crippen molar-refractivity contribution in [1.82, 2.24) is 0 Å². The number of rotatable bonds is 4. The molecule has 3 radical (unpaired) electrons. The van der Waals surface area contributed by atoms with Crippen LogP contribution in [0.3, 0.4) is 0 Å². The first-order valence-electron chi connectivity index (χ1n) is 4.83. The van der Waals surface area contributed by atoms with Crippen molar-refractivity contribution in [3.05, 3.63) is 29.8 Å². The van der Waals surface area contributed by atoms with Gasteiger partial charge in [0.25, 0.3) is 0 Å². The fourth-order valence-electron chi connectivity index (χ4n) is 1.20. The molecule has 1 rings (SSSR count). The van der Waals surface area contributed by atoms with Crippen LogP contribution in [0.15, 0.2) is 24.3 Å². The summed E-state index contributed by atoms with van der Waals surface area (Å²) in [5.74, 6) is 0.368. The van der Waals surface area contributed by atoms with Crippen LogP contribution in [0.4, 0.5) is 0 Å². The molecular formula is C12H11O4Si. The Morgan fingerprint density at radius 2 is 2.00 bits per heavy atom. The molecule has 0 saturated carbocycles. The lowest BCUT2D eigenvalue weighted by molar-refractivity contribution is -0.132. The third-order valence-electron chi connectivity index (χ3n) is 1.87. The minimum Gasteiger partial charge on any atom is -0.493 e. The van der Waals surface area contributed by atoms with E-state index in [-0.39, 0.29) is 5.41 Å². The number of carbonyl (C=O) groups excluding carboxylic acids is 2. The monoisotopic (exact) mass is 247 g/mol. The van der Waals surface area contributed by atoms with Crippen LogP contribution in [-0.2, 0) is 9.59 Å². The van der Waals surface area contributed by atoms with Crippen LogP contribution in [-0.4, -0.2) is 28.7 Å². The van der Waals surface area contributed by atoms with Crippen molar-refractivity contribution in [2.24, 2.45) is 0 Å². The lowest BCUT2D eigenvalue weighted by Crippen LogP contribution is -2.03. The van der Waals surface area contributed by atoms with Gasteiger partial charge in [-0.05, 0) is 23.8 Å². The highest BCUT2D eigenvalue weighted by molar-refractivity contribution is 6.61. The van der Waals surface area contributed by atoms with Crippen molar-refractivity contribution in [1.29, 1.82) is 0 Å². The highest BCUT2D eigenvalue weighted by Crippen LogP contribution is 2.28. The van der Waals surface area contributed by atoms with Gasteiger partial charge in [-0.1, -0.05) is 12.1 Å². The van der Waals surface area contributed by atoms with Gasteiger partial charge in [-0.3, -0.25) is 4.79 Å². The molecule has 17 heavy (non-hydrogen) atoms. The maximum absolute atomic E-state index is 10.8. The SMILES string of the molecule is COc1cc(/C=C/C(=O)[Si])ccc1OC(C)=O. The molecule has 4 nitrogen and oxygen atoms in total. The topological polar surface area (TPSA) is 52.6 Å². The summed E-state index contributed by atoms with van der Waals surface area (Å²) in [7, 11) is 4.31. The molecule has 0 aromatic heterocycles. The van der Waals surface area contributed by atoms with Gasteiger partial charge in [0.1, 0.15) is 15.6 Å². The van der Waals surface area contributed by atoms with Gasteiger partial charge in [-0.25, -0.2) is 0 Å². The van der Waals surface area contributed by atoms with Gasteiger partial charge in [-0.2, -0.15) is 0 Å². The average Bonchev–Trinajstić information content (AvgIpc) is 2.26. The van der Waals surface area contributed by atoms with Crippen molar-refractivity contribution >= 4 is 27.7 Å². The van der Waals surface area contributed by atoms with E-state index >= 15 is 0 Å². The van der Waals surface area contributed by atoms with E-state index in [4.69, 9.17) is 9.47 Å². The molecule has 0 fully saturated rings. The molecule has 1 aromatic carbocycles. The Kier molecular flexibility index (Phi) is 4.65. The maximum Gasteiger partial charge on any atom is 0.308 e. The second kappa shape index (κ2) is 6.00. The number of hydrogen-bond donors (Lipinski definition) is 0. The minimum absolute atomic E-state index is 0.229. The molecule has 0 spiro atoms. The number of benzene rings is 1. The first kappa shape index (κ1) is 13.2. The molecule has 0 heterocycles.